The van der Waals surface area contributed by atoms with Crippen molar-refractivity contribution < 1.29 is 0 Å². The quantitative estimate of drug-likeness (QED) is 0.644. The Bertz CT molecular complexity index is 146. The number of nitrogens with two attached hydrogens (primary N) is 1. The van der Waals surface area contributed by atoms with Crippen molar-refractivity contribution in [3.05, 3.63) is 0 Å². The molecule has 86 valence electrons. The van der Waals surface area contributed by atoms with Gasteiger partial charge >= 0.3 is 0 Å². The van der Waals surface area contributed by atoms with Gasteiger partial charge in [0.2, 0.25) is 0 Å². The lowest BCUT2D eigenvalue weighted by Crippen LogP contribution is -2.39. The van der Waals surface area contributed by atoms with Crippen LogP contribution in [0.5, 0.6) is 0 Å². The minimum Gasteiger partial charge on any atom is -0.330 e. The first-order valence-corrected chi connectivity index (χ1v) is 6.07. The van der Waals surface area contributed by atoms with Crippen LogP contribution >= 0.6 is 0 Å². The Kier molecular flexibility index (Phi) is 5.73. The van der Waals surface area contributed by atoms with Crippen molar-refractivity contribution in [2.45, 2.75) is 66.7 Å². The molecule has 0 heterocycles. The topological polar surface area (TPSA) is 26.0 Å². The normalized spacial score (nSPS) is 16.7. The van der Waals surface area contributed by atoms with E-state index in [9.17, 15) is 0 Å². The summed E-state index contributed by atoms with van der Waals surface area (Å²) in [6.07, 6.45) is 6.65. The number of hydrogen-bond acceptors (Lipinski definition) is 1. The minimum atomic E-state index is 0.306. The van der Waals surface area contributed by atoms with E-state index >= 15 is 0 Å². The van der Waals surface area contributed by atoms with Crippen LogP contribution in [-0.4, -0.2) is 6.54 Å². The summed E-state index contributed by atoms with van der Waals surface area (Å²) < 4.78 is 0. The van der Waals surface area contributed by atoms with E-state index in [0.29, 0.717) is 10.8 Å². The van der Waals surface area contributed by atoms with Crippen LogP contribution in [0.25, 0.3) is 0 Å². The van der Waals surface area contributed by atoms with Crippen LogP contribution < -0.4 is 5.73 Å². The first-order valence-electron chi connectivity index (χ1n) is 6.07. The van der Waals surface area contributed by atoms with Crippen LogP contribution in [-0.2, 0) is 0 Å². The predicted molar refractivity (Wildman–Crippen MR) is 65.4 cm³/mol. The highest BCUT2D eigenvalue weighted by Gasteiger charge is 2.35. The fourth-order valence-corrected chi connectivity index (χ4v) is 1.73. The van der Waals surface area contributed by atoms with Crippen molar-refractivity contribution in [3.8, 4) is 0 Å². The lowest BCUT2D eigenvalue weighted by atomic mass is 9.65. The molecule has 1 atom stereocenters. The summed E-state index contributed by atoms with van der Waals surface area (Å²) in [7, 11) is 0. The van der Waals surface area contributed by atoms with Crippen molar-refractivity contribution in [2.24, 2.45) is 16.6 Å². The molecule has 0 fully saturated rings. The lowest BCUT2D eigenvalue weighted by molar-refractivity contribution is 0.102. The van der Waals surface area contributed by atoms with E-state index < -0.39 is 0 Å². The Labute approximate surface area is 90.5 Å². The molecule has 0 aliphatic carbocycles. The van der Waals surface area contributed by atoms with Gasteiger partial charge in [-0.05, 0) is 23.8 Å². The van der Waals surface area contributed by atoms with Crippen LogP contribution in [0.4, 0.5) is 0 Å². The fourth-order valence-electron chi connectivity index (χ4n) is 1.73. The monoisotopic (exact) mass is 199 g/mol. The van der Waals surface area contributed by atoms with E-state index in [1.165, 1.54) is 32.1 Å². The molecule has 0 aliphatic heterocycles. The van der Waals surface area contributed by atoms with E-state index in [2.05, 4.69) is 34.6 Å². The Balaban J connectivity index is 4.01. The van der Waals surface area contributed by atoms with Crippen molar-refractivity contribution in [1.29, 1.82) is 0 Å². The van der Waals surface area contributed by atoms with Gasteiger partial charge in [-0.2, -0.15) is 0 Å². The van der Waals surface area contributed by atoms with Gasteiger partial charge in [0.05, 0.1) is 0 Å². The summed E-state index contributed by atoms with van der Waals surface area (Å²) >= 11 is 0. The molecule has 14 heavy (non-hydrogen) atoms. The Hall–Kier alpha value is -0.0400. The molecule has 0 amide bonds. The van der Waals surface area contributed by atoms with Gasteiger partial charge < -0.3 is 5.73 Å². The van der Waals surface area contributed by atoms with Gasteiger partial charge in [-0.3, -0.25) is 0 Å². The third-order valence-corrected chi connectivity index (χ3v) is 3.84. The zero-order chi connectivity index (χ0) is 11.2. The molecular weight excluding hydrogens is 170 g/mol. The standard InChI is InChI=1S/C13H29N/c1-6-7-8-9-10-13(5,11-14)12(2,3)4/h6-11,14H2,1-5H3. The largest absolute Gasteiger partial charge is 0.330 e. The maximum absolute atomic E-state index is 5.91. The van der Waals surface area contributed by atoms with E-state index in [1.54, 1.807) is 0 Å². The van der Waals surface area contributed by atoms with Crippen molar-refractivity contribution in [2.75, 3.05) is 6.54 Å². The molecule has 1 unspecified atom stereocenters. The maximum Gasteiger partial charge on any atom is -0.00182 e. The predicted octanol–water partition coefficient (Wildman–Crippen LogP) is 3.97. The highest BCUT2D eigenvalue weighted by Crippen LogP contribution is 2.41. The summed E-state index contributed by atoms with van der Waals surface area (Å²) in [6, 6.07) is 0. The van der Waals surface area contributed by atoms with Crippen LogP contribution in [0.2, 0.25) is 0 Å². The molecule has 0 rings (SSSR count). The SMILES string of the molecule is CCCCCCC(C)(CN)C(C)(C)C. The fraction of sp³-hybridized carbons (Fsp3) is 1.00. The van der Waals surface area contributed by atoms with Gasteiger partial charge in [0.1, 0.15) is 0 Å². The molecule has 1 nitrogen and oxygen atoms in total. The van der Waals surface area contributed by atoms with Gasteiger partial charge in [-0.15, -0.1) is 0 Å². The van der Waals surface area contributed by atoms with Crippen LogP contribution in [0, 0.1) is 10.8 Å². The summed E-state index contributed by atoms with van der Waals surface area (Å²) in [6.45, 7) is 12.3. The molecule has 0 spiro atoms. The first-order chi connectivity index (χ1) is 6.37. The summed E-state index contributed by atoms with van der Waals surface area (Å²) in [4.78, 5) is 0. The van der Waals surface area contributed by atoms with Crippen LogP contribution in [0.15, 0.2) is 0 Å². The Morgan fingerprint density at radius 1 is 0.929 bits per heavy atom. The van der Waals surface area contributed by atoms with E-state index in [-0.39, 0.29) is 0 Å². The highest BCUT2D eigenvalue weighted by atomic mass is 14.6. The molecule has 0 saturated heterocycles. The summed E-state index contributed by atoms with van der Waals surface area (Å²) in [5.41, 5.74) is 6.54. The van der Waals surface area contributed by atoms with Gasteiger partial charge in [-0.1, -0.05) is 60.3 Å². The van der Waals surface area contributed by atoms with E-state index in [1.807, 2.05) is 0 Å². The number of hydrogen-bond donors (Lipinski definition) is 1. The average Bonchev–Trinajstić information content (AvgIpc) is 2.10. The summed E-state index contributed by atoms with van der Waals surface area (Å²) in [5, 5.41) is 0. The number of rotatable bonds is 6. The van der Waals surface area contributed by atoms with Gasteiger partial charge in [0.25, 0.3) is 0 Å². The molecule has 0 saturated carbocycles. The van der Waals surface area contributed by atoms with E-state index in [0.717, 1.165) is 6.54 Å². The molecule has 0 aromatic carbocycles. The van der Waals surface area contributed by atoms with Gasteiger partial charge in [0, 0.05) is 0 Å². The molecule has 2 N–H and O–H groups in total. The smallest absolute Gasteiger partial charge is 0.00182 e. The molecule has 0 aliphatic rings. The maximum atomic E-state index is 5.91. The van der Waals surface area contributed by atoms with Crippen molar-refractivity contribution in [1.82, 2.24) is 0 Å². The van der Waals surface area contributed by atoms with Crippen molar-refractivity contribution in [3.63, 3.8) is 0 Å². The molecule has 0 radical (unpaired) electrons. The second-order valence-electron chi connectivity index (χ2n) is 5.83. The Morgan fingerprint density at radius 2 is 1.50 bits per heavy atom. The lowest BCUT2D eigenvalue weighted by Gasteiger charge is -2.41. The zero-order valence-corrected chi connectivity index (χ0v) is 10.8. The molecule has 1 heteroatoms. The second kappa shape index (κ2) is 5.75. The molecule has 0 aromatic rings. The first kappa shape index (κ1) is 14.0. The molecule has 0 aromatic heterocycles. The highest BCUT2D eigenvalue weighted by molar-refractivity contribution is 4.87. The Morgan fingerprint density at radius 3 is 1.86 bits per heavy atom. The molecule has 0 bridgehead atoms. The average molecular weight is 199 g/mol. The third-order valence-electron chi connectivity index (χ3n) is 3.84. The van der Waals surface area contributed by atoms with Crippen LogP contribution in [0.1, 0.15) is 66.7 Å². The second-order valence-corrected chi connectivity index (χ2v) is 5.83. The van der Waals surface area contributed by atoms with Gasteiger partial charge in [-0.25, -0.2) is 0 Å². The summed E-state index contributed by atoms with van der Waals surface area (Å²) in [5.74, 6) is 0. The van der Waals surface area contributed by atoms with Crippen LogP contribution in [0.3, 0.4) is 0 Å². The third kappa shape index (κ3) is 4.00. The van der Waals surface area contributed by atoms with E-state index in [4.69, 9.17) is 5.73 Å². The zero-order valence-electron chi connectivity index (χ0n) is 10.8. The van der Waals surface area contributed by atoms with Gasteiger partial charge in [0.15, 0.2) is 0 Å². The minimum absolute atomic E-state index is 0.306. The van der Waals surface area contributed by atoms with Crippen molar-refractivity contribution >= 4 is 0 Å². The molecular formula is C13H29N. The number of unbranched alkanes of at least 4 members (excludes halogenated alkanes) is 3.